The first-order valence-corrected chi connectivity index (χ1v) is 8.08. The van der Waals surface area contributed by atoms with Gasteiger partial charge in [-0.05, 0) is 0 Å². The number of hydrogen-bond acceptors (Lipinski definition) is 8. The fourth-order valence-corrected chi connectivity index (χ4v) is 2.78. The third-order valence-electron chi connectivity index (χ3n) is 3.09. The van der Waals surface area contributed by atoms with Crippen LogP contribution in [0, 0.1) is 0 Å². The number of quaternary nitrogens is 1. The third-order valence-corrected chi connectivity index (χ3v) is 3.85. The lowest BCUT2D eigenvalue weighted by Gasteiger charge is -2.19. The topological polar surface area (TPSA) is 205 Å². The monoisotopic (exact) mass is 348 g/mol. The van der Waals surface area contributed by atoms with E-state index in [1.54, 1.807) is 4.57 Å². The summed E-state index contributed by atoms with van der Waals surface area (Å²) in [4.78, 5) is 41.5. The fraction of sp³-hybridized carbons (Fsp3) is 0.500. The Morgan fingerprint density at radius 1 is 1.61 bits per heavy atom. The van der Waals surface area contributed by atoms with Crippen molar-refractivity contribution in [2.45, 2.75) is 18.9 Å². The molecule has 1 unspecified atom stereocenters. The Labute approximate surface area is 129 Å². The highest BCUT2D eigenvalue weighted by atomic mass is 31.2. The van der Waals surface area contributed by atoms with Crippen LogP contribution in [0.4, 0.5) is 5.95 Å². The van der Waals surface area contributed by atoms with Crippen molar-refractivity contribution in [1.82, 2.24) is 25.7 Å². The van der Waals surface area contributed by atoms with Gasteiger partial charge in [0.05, 0.1) is 25.6 Å². The minimum absolute atomic E-state index is 0. The zero-order chi connectivity index (χ0) is 15.9. The van der Waals surface area contributed by atoms with Gasteiger partial charge in [0.1, 0.15) is 13.7 Å². The first-order valence-electron chi connectivity index (χ1n) is 6.32. The molecule has 12 nitrogen and oxygen atoms in total. The van der Waals surface area contributed by atoms with Gasteiger partial charge in [0.15, 0.2) is 17.5 Å². The Morgan fingerprint density at radius 3 is 3.04 bits per heavy atom. The minimum atomic E-state index is -4.46. The van der Waals surface area contributed by atoms with Gasteiger partial charge in [-0.2, -0.15) is 4.98 Å². The Balaban J connectivity index is 0.00000192. The maximum Gasteiger partial charge on any atom is 0.280 e. The van der Waals surface area contributed by atoms with Crippen molar-refractivity contribution in [1.29, 1.82) is 0 Å². The molecule has 0 bridgehead atoms. The molecule has 0 aliphatic carbocycles. The summed E-state index contributed by atoms with van der Waals surface area (Å²) in [7, 11) is -4.46. The third kappa shape index (κ3) is 3.93. The highest BCUT2D eigenvalue weighted by molar-refractivity contribution is 7.50. The summed E-state index contributed by atoms with van der Waals surface area (Å²) in [6.45, 7) is 0.389. The zero-order valence-electron chi connectivity index (χ0n) is 12.2. The van der Waals surface area contributed by atoms with Gasteiger partial charge in [0, 0.05) is 0 Å². The first kappa shape index (κ1) is 17.5. The molecule has 0 radical (unpaired) electrons. The molecule has 2 aromatic rings. The molecule has 0 amide bonds. The standard InChI is InChI=1S/C10H14N5O6P.H3N/c11-10-13-8-7(9(16)14-10)12-4-15(8)1-5-2-20-6(21-5)3-22(17,18)19;/h4-6H,1-3H2,(H2,17,18,19)(H3,11,13,14,16);1H3/t5-,6-;/m1./s1. The van der Waals surface area contributed by atoms with E-state index in [0.29, 0.717) is 5.65 Å². The molecule has 1 saturated heterocycles. The molecule has 2 aromatic heterocycles. The van der Waals surface area contributed by atoms with E-state index < -0.39 is 31.7 Å². The number of aromatic nitrogens is 4. The molecule has 8 N–H and O–H groups in total. The van der Waals surface area contributed by atoms with Gasteiger partial charge in [-0.25, -0.2) is 4.98 Å². The molecular weight excluding hydrogens is 331 g/mol. The molecule has 23 heavy (non-hydrogen) atoms. The van der Waals surface area contributed by atoms with Gasteiger partial charge in [-0.1, -0.05) is 0 Å². The largest absolute Gasteiger partial charge is 0.778 e. The summed E-state index contributed by atoms with van der Waals surface area (Å²) >= 11 is 0. The van der Waals surface area contributed by atoms with Gasteiger partial charge in [0.2, 0.25) is 5.95 Å². The molecule has 0 spiro atoms. The highest BCUT2D eigenvalue weighted by Crippen LogP contribution is 2.32. The maximum atomic E-state index is 11.7. The van der Waals surface area contributed by atoms with Crippen LogP contribution in [0.5, 0.6) is 0 Å². The van der Waals surface area contributed by atoms with E-state index in [-0.39, 0.29) is 30.8 Å². The number of nitrogens with one attached hydrogen (secondary N) is 1. The lowest BCUT2D eigenvalue weighted by Crippen LogP contribution is -2.22. The van der Waals surface area contributed by atoms with Crippen LogP contribution in [0.3, 0.4) is 0 Å². The predicted octanol–water partition coefficient (Wildman–Crippen LogP) is -1.63. The first-order chi connectivity index (χ1) is 10.3. The molecule has 1 aliphatic rings. The van der Waals surface area contributed by atoms with Crippen molar-refractivity contribution in [2.24, 2.45) is 0 Å². The number of anilines is 1. The Hall–Kier alpha value is -1.82. The fourth-order valence-electron chi connectivity index (χ4n) is 2.21. The van der Waals surface area contributed by atoms with E-state index in [4.69, 9.17) is 20.1 Å². The number of imidazole rings is 1. The van der Waals surface area contributed by atoms with Crippen LogP contribution in [0.15, 0.2) is 11.1 Å². The summed E-state index contributed by atoms with van der Waals surface area (Å²) in [6.07, 6.45) is -0.683. The average Bonchev–Trinajstić information content (AvgIpc) is 2.96. The van der Waals surface area contributed by atoms with Crippen LogP contribution >= 0.6 is 7.60 Å². The number of nitrogens with two attached hydrogens (primary N) is 1. The SMILES string of the molecule is Nc1nc2c(ncn2C[C@@H]2CO[C@@H](CP(=O)([O-])O)O2)c(=O)[nH]1.[NH4+]. The van der Waals surface area contributed by atoms with E-state index in [9.17, 15) is 14.3 Å². The van der Waals surface area contributed by atoms with Crippen molar-refractivity contribution in [3.05, 3.63) is 16.7 Å². The molecule has 0 saturated carbocycles. The van der Waals surface area contributed by atoms with Crippen molar-refractivity contribution in [2.75, 3.05) is 18.5 Å². The highest BCUT2D eigenvalue weighted by Gasteiger charge is 2.29. The van der Waals surface area contributed by atoms with Gasteiger partial charge in [0.25, 0.3) is 5.56 Å². The maximum absolute atomic E-state index is 11.7. The summed E-state index contributed by atoms with van der Waals surface area (Å²) < 4.78 is 22.9. The minimum Gasteiger partial charge on any atom is -0.778 e. The van der Waals surface area contributed by atoms with Crippen LogP contribution in [-0.2, 0) is 20.6 Å². The van der Waals surface area contributed by atoms with Crippen LogP contribution < -0.4 is 22.3 Å². The second kappa shape index (κ2) is 6.35. The number of ether oxygens (including phenoxy) is 2. The summed E-state index contributed by atoms with van der Waals surface area (Å²) in [5.74, 6) is -0.0340. The van der Waals surface area contributed by atoms with Crippen LogP contribution in [0.1, 0.15) is 0 Å². The van der Waals surface area contributed by atoms with Crippen molar-refractivity contribution in [3.63, 3.8) is 0 Å². The number of nitrogen functional groups attached to an aromatic ring is 1. The number of hydrogen-bond donors (Lipinski definition) is 4. The number of nitrogens with zero attached hydrogens (tertiary/aromatic N) is 3. The predicted molar refractivity (Wildman–Crippen MR) is 77.9 cm³/mol. The van der Waals surface area contributed by atoms with Gasteiger partial charge in [-0.15, -0.1) is 0 Å². The van der Waals surface area contributed by atoms with Crippen molar-refractivity contribution < 1.29 is 23.8 Å². The number of aromatic amines is 1. The molecular formula is C10H17N6O6P. The summed E-state index contributed by atoms with van der Waals surface area (Å²) in [5, 5.41) is 0. The Morgan fingerprint density at radius 2 is 2.35 bits per heavy atom. The molecule has 13 heteroatoms. The molecule has 3 atom stereocenters. The summed E-state index contributed by atoms with van der Waals surface area (Å²) in [6, 6.07) is 0. The molecule has 0 aromatic carbocycles. The smallest absolute Gasteiger partial charge is 0.280 e. The van der Waals surface area contributed by atoms with Gasteiger partial charge in [-0.3, -0.25) is 9.78 Å². The average molecular weight is 348 g/mol. The number of H-pyrrole nitrogens is 1. The Bertz CT molecular complexity index is 799. The molecule has 1 aliphatic heterocycles. The van der Waals surface area contributed by atoms with E-state index in [1.165, 1.54) is 6.33 Å². The quantitative estimate of drug-likeness (QED) is 0.467. The van der Waals surface area contributed by atoms with Crippen LogP contribution in [0.25, 0.3) is 11.2 Å². The molecule has 128 valence electrons. The normalized spacial score (nSPS) is 23.6. The lowest BCUT2D eigenvalue weighted by atomic mass is 10.4. The second-order valence-corrected chi connectivity index (χ2v) is 6.50. The molecule has 3 heterocycles. The number of rotatable bonds is 4. The van der Waals surface area contributed by atoms with E-state index in [1.807, 2.05) is 0 Å². The van der Waals surface area contributed by atoms with E-state index >= 15 is 0 Å². The van der Waals surface area contributed by atoms with Crippen molar-refractivity contribution >= 4 is 24.7 Å². The van der Waals surface area contributed by atoms with E-state index in [2.05, 4.69) is 15.0 Å². The molecule has 3 rings (SSSR count). The zero-order valence-corrected chi connectivity index (χ0v) is 13.1. The Kier molecular flexibility index (Phi) is 4.84. The van der Waals surface area contributed by atoms with Gasteiger partial charge >= 0.3 is 0 Å². The molecule has 1 fully saturated rings. The number of fused-ring (bicyclic) bond motifs is 1. The van der Waals surface area contributed by atoms with Gasteiger partial charge < -0.3 is 40.3 Å². The second-order valence-electron chi connectivity index (χ2n) is 4.86. The van der Waals surface area contributed by atoms with Crippen LogP contribution in [0.2, 0.25) is 0 Å². The van der Waals surface area contributed by atoms with E-state index in [0.717, 1.165) is 0 Å². The lowest BCUT2D eigenvalue weighted by molar-refractivity contribution is -0.197. The van der Waals surface area contributed by atoms with Crippen LogP contribution in [-0.4, -0.2) is 49.6 Å². The summed E-state index contributed by atoms with van der Waals surface area (Å²) in [5.41, 5.74) is 5.49. The van der Waals surface area contributed by atoms with Crippen molar-refractivity contribution in [3.8, 4) is 0 Å².